The molecule has 0 saturated heterocycles. The zero-order chi connectivity index (χ0) is 7.56. The normalized spacial score (nSPS) is 8.90. The third-order valence-electron chi connectivity index (χ3n) is 1.42. The fraction of sp³-hybridized carbons (Fsp3) is 0.250. The third-order valence-corrected chi connectivity index (χ3v) is 1.42. The molecule has 0 aliphatic rings. The standard InChI is InChI=1S/C8H9N2/c1-7-6-10(2)4-3-8(7)5-9/h3-4,6H,1-2H3/q+1. The van der Waals surface area contributed by atoms with Gasteiger partial charge >= 0.3 is 0 Å². The summed E-state index contributed by atoms with van der Waals surface area (Å²) in [6.45, 7) is 1.93. The largest absolute Gasteiger partial charge is 0.207 e. The second-order valence-corrected chi connectivity index (χ2v) is 2.32. The lowest BCUT2D eigenvalue weighted by Gasteiger charge is -1.91. The summed E-state index contributed by atoms with van der Waals surface area (Å²) in [6.07, 6.45) is 3.80. The van der Waals surface area contributed by atoms with Crippen LogP contribution in [0, 0.1) is 18.3 Å². The zero-order valence-corrected chi connectivity index (χ0v) is 6.13. The molecule has 0 radical (unpaired) electrons. The van der Waals surface area contributed by atoms with E-state index in [-0.39, 0.29) is 0 Å². The molecule has 2 nitrogen and oxygen atoms in total. The molecule has 2 heteroatoms. The Balaban J connectivity index is 3.23. The Bertz CT molecular complexity index is 284. The molecule has 1 rings (SSSR count). The predicted octanol–water partition coefficient (Wildman–Crippen LogP) is 0.691. The zero-order valence-electron chi connectivity index (χ0n) is 6.13. The van der Waals surface area contributed by atoms with Crippen molar-refractivity contribution >= 4 is 0 Å². The van der Waals surface area contributed by atoms with E-state index in [0.717, 1.165) is 11.1 Å². The molecule has 0 atom stereocenters. The molecular formula is C8H9N2+. The maximum atomic E-state index is 8.55. The molecule has 1 heterocycles. The van der Waals surface area contributed by atoms with Gasteiger partial charge in [-0.2, -0.15) is 5.26 Å². The predicted molar refractivity (Wildman–Crippen MR) is 37.1 cm³/mol. The molecule has 1 aromatic heterocycles. The molecule has 10 heavy (non-hydrogen) atoms. The van der Waals surface area contributed by atoms with Crippen LogP contribution in [0.4, 0.5) is 0 Å². The summed E-state index contributed by atoms with van der Waals surface area (Å²) in [4.78, 5) is 0. The summed E-state index contributed by atoms with van der Waals surface area (Å²) in [6, 6.07) is 3.92. The third kappa shape index (κ3) is 1.14. The van der Waals surface area contributed by atoms with Crippen molar-refractivity contribution in [2.75, 3.05) is 0 Å². The molecule has 0 fully saturated rings. The monoisotopic (exact) mass is 133 g/mol. The van der Waals surface area contributed by atoms with Gasteiger partial charge in [-0.05, 0) is 6.92 Å². The Labute approximate surface area is 60.3 Å². The van der Waals surface area contributed by atoms with Crippen LogP contribution >= 0.6 is 0 Å². The van der Waals surface area contributed by atoms with E-state index >= 15 is 0 Å². The Hall–Kier alpha value is -1.36. The smallest absolute Gasteiger partial charge is 0.172 e. The molecule has 0 aliphatic carbocycles. The van der Waals surface area contributed by atoms with Crippen LogP contribution in [0.5, 0.6) is 0 Å². The quantitative estimate of drug-likeness (QED) is 0.478. The Morgan fingerprint density at radius 3 is 2.80 bits per heavy atom. The van der Waals surface area contributed by atoms with Crippen LogP contribution in [-0.2, 0) is 7.05 Å². The van der Waals surface area contributed by atoms with Crippen molar-refractivity contribution in [3.63, 3.8) is 0 Å². The average molecular weight is 133 g/mol. The first-order chi connectivity index (χ1) is 4.74. The van der Waals surface area contributed by atoms with Crippen LogP contribution in [0.1, 0.15) is 11.1 Å². The lowest BCUT2D eigenvalue weighted by Crippen LogP contribution is -2.26. The average Bonchev–Trinajstić information content (AvgIpc) is 1.88. The van der Waals surface area contributed by atoms with Crippen molar-refractivity contribution in [3.8, 4) is 6.07 Å². The molecule has 0 unspecified atom stereocenters. The molecule has 0 aromatic carbocycles. The number of aryl methyl sites for hydroxylation is 2. The van der Waals surface area contributed by atoms with Crippen LogP contribution in [0.3, 0.4) is 0 Å². The summed E-state index contributed by atoms with van der Waals surface area (Å²) >= 11 is 0. The highest BCUT2D eigenvalue weighted by atomic mass is 14.9. The highest BCUT2D eigenvalue weighted by Gasteiger charge is 1.99. The van der Waals surface area contributed by atoms with Gasteiger partial charge in [0.1, 0.15) is 7.05 Å². The lowest BCUT2D eigenvalue weighted by atomic mass is 10.2. The van der Waals surface area contributed by atoms with E-state index in [9.17, 15) is 0 Å². The Morgan fingerprint density at radius 2 is 2.30 bits per heavy atom. The van der Waals surface area contributed by atoms with Gasteiger partial charge in [0.25, 0.3) is 0 Å². The minimum atomic E-state index is 0.748. The van der Waals surface area contributed by atoms with Crippen LogP contribution in [-0.4, -0.2) is 0 Å². The fourth-order valence-electron chi connectivity index (χ4n) is 0.867. The summed E-state index contributed by atoms with van der Waals surface area (Å²) in [5.41, 5.74) is 1.77. The number of hydrogen-bond donors (Lipinski definition) is 0. The molecule has 0 aliphatic heterocycles. The number of hydrogen-bond acceptors (Lipinski definition) is 1. The van der Waals surface area contributed by atoms with Crippen molar-refractivity contribution in [1.82, 2.24) is 0 Å². The fourth-order valence-corrected chi connectivity index (χ4v) is 0.867. The van der Waals surface area contributed by atoms with Gasteiger partial charge in [0, 0.05) is 11.6 Å². The van der Waals surface area contributed by atoms with Crippen molar-refractivity contribution in [2.24, 2.45) is 7.05 Å². The minimum absolute atomic E-state index is 0.748. The highest BCUT2D eigenvalue weighted by molar-refractivity contribution is 5.32. The maximum Gasteiger partial charge on any atom is 0.172 e. The van der Waals surface area contributed by atoms with Crippen LogP contribution in [0.25, 0.3) is 0 Å². The van der Waals surface area contributed by atoms with Crippen LogP contribution in [0.15, 0.2) is 18.5 Å². The number of nitriles is 1. The van der Waals surface area contributed by atoms with E-state index in [0.29, 0.717) is 0 Å². The van der Waals surface area contributed by atoms with Crippen molar-refractivity contribution in [3.05, 3.63) is 29.6 Å². The van der Waals surface area contributed by atoms with Gasteiger partial charge < -0.3 is 0 Å². The summed E-state index contributed by atoms with van der Waals surface area (Å²) < 4.78 is 1.93. The number of pyridine rings is 1. The van der Waals surface area contributed by atoms with Crippen molar-refractivity contribution < 1.29 is 4.57 Å². The first-order valence-electron chi connectivity index (χ1n) is 3.10. The van der Waals surface area contributed by atoms with Gasteiger partial charge in [0.2, 0.25) is 0 Å². The lowest BCUT2D eigenvalue weighted by molar-refractivity contribution is -0.671. The van der Waals surface area contributed by atoms with Crippen molar-refractivity contribution in [2.45, 2.75) is 6.92 Å². The Morgan fingerprint density at radius 1 is 1.60 bits per heavy atom. The molecular weight excluding hydrogens is 124 g/mol. The molecule has 1 aromatic rings. The summed E-state index contributed by atoms with van der Waals surface area (Å²) in [5, 5.41) is 8.55. The van der Waals surface area contributed by atoms with Gasteiger partial charge in [-0.1, -0.05) is 0 Å². The number of nitrogens with zero attached hydrogens (tertiary/aromatic N) is 2. The molecule has 0 spiro atoms. The van der Waals surface area contributed by atoms with Gasteiger partial charge in [-0.25, -0.2) is 4.57 Å². The molecule has 0 amide bonds. The summed E-state index contributed by atoms with van der Waals surface area (Å²) in [7, 11) is 1.94. The first kappa shape index (κ1) is 6.76. The molecule has 0 saturated carbocycles. The van der Waals surface area contributed by atoms with E-state index in [2.05, 4.69) is 6.07 Å². The van der Waals surface area contributed by atoms with Gasteiger partial charge in [0.05, 0.1) is 11.6 Å². The van der Waals surface area contributed by atoms with E-state index in [1.165, 1.54) is 0 Å². The highest BCUT2D eigenvalue weighted by Crippen LogP contribution is 1.99. The second-order valence-electron chi connectivity index (χ2n) is 2.32. The number of rotatable bonds is 0. The number of aromatic nitrogens is 1. The summed E-state index contributed by atoms with van der Waals surface area (Å²) in [5.74, 6) is 0. The van der Waals surface area contributed by atoms with Crippen LogP contribution in [0.2, 0.25) is 0 Å². The van der Waals surface area contributed by atoms with E-state index in [4.69, 9.17) is 5.26 Å². The van der Waals surface area contributed by atoms with Gasteiger partial charge in [0.15, 0.2) is 12.4 Å². The van der Waals surface area contributed by atoms with E-state index < -0.39 is 0 Å². The first-order valence-corrected chi connectivity index (χ1v) is 3.10. The molecule has 50 valence electrons. The van der Waals surface area contributed by atoms with Gasteiger partial charge in [-0.3, -0.25) is 0 Å². The minimum Gasteiger partial charge on any atom is -0.207 e. The topological polar surface area (TPSA) is 27.7 Å². The van der Waals surface area contributed by atoms with Gasteiger partial charge in [-0.15, -0.1) is 0 Å². The Kier molecular flexibility index (Phi) is 1.68. The second kappa shape index (κ2) is 2.49. The van der Waals surface area contributed by atoms with Crippen molar-refractivity contribution in [1.29, 1.82) is 5.26 Å². The SMILES string of the molecule is Cc1c[n+](C)ccc1C#N. The van der Waals surface area contributed by atoms with E-state index in [1.807, 2.05) is 37.0 Å². The van der Waals surface area contributed by atoms with Crippen LogP contribution < -0.4 is 4.57 Å². The molecule has 0 bridgehead atoms. The maximum absolute atomic E-state index is 8.55. The molecule has 0 N–H and O–H groups in total. The van der Waals surface area contributed by atoms with E-state index in [1.54, 1.807) is 0 Å².